The van der Waals surface area contributed by atoms with Crippen LogP contribution in [0, 0.1) is 5.41 Å². The van der Waals surface area contributed by atoms with Crippen LogP contribution in [0.15, 0.2) is 10.7 Å². The Balaban J connectivity index is 2.36. The molecular formula is C13H20BrN3O. The molecule has 0 amide bonds. The molecule has 0 spiro atoms. The predicted octanol–water partition coefficient (Wildman–Crippen LogP) is 2.76. The third-order valence-corrected chi connectivity index (χ3v) is 4.57. The van der Waals surface area contributed by atoms with Gasteiger partial charge in [0.25, 0.3) is 0 Å². The van der Waals surface area contributed by atoms with Crippen LogP contribution in [-0.4, -0.2) is 21.6 Å². The fourth-order valence-corrected chi connectivity index (χ4v) is 3.19. The first-order chi connectivity index (χ1) is 8.50. The van der Waals surface area contributed by atoms with Crippen molar-refractivity contribution in [1.82, 2.24) is 9.78 Å². The van der Waals surface area contributed by atoms with Gasteiger partial charge in [-0.3, -0.25) is 9.48 Å². The largest absolute Gasteiger partial charge is 0.327 e. The number of Topliss-reactive ketones (excluding diaryl/α,β-unsaturated/α-hetero) is 1. The second kappa shape index (κ2) is 5.13. The van der Waals surface area contributed by atoms with E-state index in [2.05, 4.69) is 28.0 Å². The molecular weight excluding hydrogens is 294 g/mol. The smallest absolute Gasteiger partial charge is 0.189 e. The van der Waals surface area contributed by atoms with Crippen LogP contribution in [0.1, 0.15) is 50.0 Å². The summed E-state index contributed by atoms with van der Waals surface area (Å²) in [4.78, 5) is 12.8. The fourth-order valence-electron chi connectivity index (χ4n) is 2.72. The first kappa shape index (κ1) is 13.7. The van der Waals surface area contributed by atoms with Crippen molar-refractivity contribution in [1.29, 1.82) is 0 Å². The fraction of sp³-hybridized carbons (Fsp3) is 0.692. The summed E-state index contributed by atoms with van der Waals surface area (Å²) in [7, 11) is 0. The highest BCUT2D eigenvalue weighted by atomic mass is 79.9. The van der Waals surface area contributed by atoms with Crippen LogP contribution in [0.3, 0.4) is 0 Å². The first-order valence-corrected chi connectivity index (χ1v) is 7.31. The second-order valence-electron chi connectivity index (χ2n) is 5.31. The Morgan fingerprint density at radius 2 is 2.44 bits per heavy atom. The van der Waals surface area contributed by atoms with Gasteiger partial charge >= 0.3 is 0 Å². The number of carbonyl (C=O) groups is 1. The lowest BCUT2D eigenvalue weighted by Crippen LogP contribution is -2.42. The highest BCUT2D eigenvalue weighted by Gasteiger charge is 2.44. The standard InChI is InChI=1S/C13H20BrN3O/c1-3-7-17-11(9(14)8-16-17)12(18)13(2)6-4-5-10(13)15/h8,10H,3-7,15H2,1-2H3. The highest BCUT2D eigenvalue weighted by molar-refractivity contribution is 9.10. The Morgan fingerprint density at radius 3 is 3.00 bits per heavy atom. The molecule has 5 heteroatoms. The average Bonchev–Trinajstić information content (AvgIpc) is 2.85. The molecule has 2 unspecified atom stereocenters. The molecule has 2 atom stereocenters. The summed E-state index contributed by atoms with van der Waals surface area (Å²) >= 11 is 3.43. The van der Waals surface area contributed by atoms with Gasteiger partial charge in [0, 0.05) is 18.0 Å². The van der Waals surface area contributed by atoms with Crippen molar-refractivity contribution in [3.05, 3.63) is 16.4 Å². The first-order valence-electron chi connectivity index (χ1n) is 6.52. The molecule has 2 rings (SSSR count). The molecule has 0 aliphatic heterocycles. The Kier molecular flexibility index (Phi) is 3.92. The number of rotatable bonds is 4. The molecule has 0 aromatic carbocycles. The van der Waals surface area contributed by atoms with Gasteiger partial charge < -0.3 is 5.73 Å². The lowest BCUT2D eigenvalue weighted by molar-refractivity contribution is 0.0789. The van der Waals surface area contributed by atoms with Crippen molar-refractivity contribution < 1.29 is 4.79 Å². The number of halogens is 1. The van der Waals surface area contributed by atoms with E-state index in [4.69, 9.17) is 5.73 Å². The summed E-state index contributed by atoms with van der Waals surface area (Å²) in [6, 6.07) is -0.0399. The molecule has 4 nitrogen and oxygen atoms in total. The van der Waals surface area contributed by atoms with Crippen LogP contribution in [0.4, 0.5) is 0 Å². The molecule has 1 aromatic heterocycles. The van der Waals surface area contributed by atoms with Crippen LogP contribution in [0.2, 0.25) is 0 Å². The third kappa shape index (κ3) is 2.14. The molecule has 100 valence electrons. The van der Waals surface area contributed by atoms with E-state index in [1.807, 2.05) is 6.92 Å². The molecule has 0 bridgehead atoms. The van der Waals surface area contributed by atoms with E-state index in [-0.39, 0.29) is 11.8 Å². The number of nitrogens with zero attached hydrogens (tertiary/aromatic N) is 2. The van der Waals surface area contributed by atoms with E-state index in [0.29, 0.717) is 5.69 Å². The molecule has 1 saturated carbocycles. The second-order valence-corrected chi connectivity index (χ2v) is 6.16. The van der Waals surface area contributed by atoms with Crippen molar-refractivity contribution in [2.24, 2.45) is 11.1 Å². The van der Waals surface area contributed by atoms with E-state index in [9.17, 15) is 4.79 Å². The summed E-state index contributed by atoms with van der Waals surface area (Å²) in [5, 5.41) is 4.26. The lowest BCUT2D eigenvalue weighted by Gasteiger charge is -2.27. The van der Waals surface area contributed by atoms with E-state index in [1.165, 1.54) is 0 Å². The minimum absolute atomic E-state index is 0.0399. The summed E-state index contributed by atoms with van der Waals surface area (Å²) in [5.41, 5.74) is 6.37. The molecule has 0 radical (unpaired) electrons. The van der Waals surface area contributed by atoms with E-state index < -0.39 is 5.41 Å². The van der Waals surface area contributed by atoms with Crippen LogP contribution >= 0.6 is 15.9 Å². The van der Waals surface area contributed by atoms with Gasteiger partial charge in [0.15, 0.2) is 5.78 Å². The van der Waals surface area contributed by atoms with Gasteiger partial charge in [-0.05, 0) is 35.2 Å². The predicted molar refractivity (Wildman–Crippen MR) is 74.5 cm³/mol. The highest BCUT2D eigenvalue weighted by Crippen LogP contribution is 2.40. The van der Waals surface area contributed by atoms with Crippen molar-refractivity contribution in [2.45, 2.75) is 52.1 Å². The zero-order chi connectivity index (χ0) is 13.3. The normalized spacial score (nSPS) is 27.7. The van der Waals surface area contributed by atoms with Gasteiger partial charge in [0.05, 0.1) is 10.7 Å². The Morgan fingerprint density at radius 1 is 1.72 bits per heavy atom. The minimum atomic E-state index is -0.436. The molecule has 0 saturated heterocycles. The maximum Gasteiger partial charge on any atom is 0.189 e. The van der Waals surface area contributed by atoms with Crippen LogP contribution < -0.4 is 5.73 Å². The summed E-state index contributed by atoms with van der Waals surface area (Å²) < 4.78 is 2.57. The zero-order valence-corrected chi connectivity index (χ0v) is 12.5. The average molecular weight is 314 g/mol. The molecule has 1 aliphatic carbocycles. The maximum atomic E-state index is 12.8. The lowest BCUT2D eigenvalue weighted by atomic mass is 9.79. The number of aromatic nitrogens is 2. The quantitative estimate of drug-likeness (QED) is 0.869. The van der Waals surface area contributed by atoms with Gasteiger partial charge in [0.2, 0.25) is 0 Å². The Labute approximate surface area is 116 Å². The van der Waals surface area contributed by atoms with Crippen molar-refractivity contribution in [2.75, 3.05) is 0 Å². The molecule has 1 heterocycles. The van der Waals surface area contributed by atoms with E-state index in [0.717, 1.165) is 36.7 Å². The monoisotopic (exact) mass is 313 g/mol. The van der Waals surface area contributed by atoms with Gasteiger partial charge in [-0.2, -0.15) is 5.10 Å². The topological polar surface area (TPSA) is 60.9 Å². The Bertz CT molecular complexity index is 457. The third-order valence-electron chi connectivity index (χ3n) is 3.99. The van der Waals surface area contributed by atoms with Gasteiger partial charge in [-0.25, -0.2) is 0 Å². The van der Waals surface area contributed by atoms with Crippen molar-refractivity contribution in [3.63, 3.8) is 0 Å². The number of carbonyl (C=O) groups excluding carboxylic acids is 1. The summed E-state index contributed by atoms with van der Waals surface area (Å²) in [6.45, 7) is 4.83. The van der Waals surface area contributed by atoms with Gasteiger partial charge in [-0.1, -0.05) is 20.3 Å². The number of hydrogen-bond acceptors (Lipinski definition) is 3. The van der Waals surface area contributed by atoms with Crippen LogP contribution in [0.25, 0.3) is 0 Å². The number of ketones is 1. The molecule has 18 heavy (non-hydrogen) atoms. The summed E-state index contributed by atoms with van der Waals surface area (Å²) in [6.07, 6.45) is 5.49. The molecule has 1 aromatic rings. The SMILES string of the molecule is CCCn1ncc(Br)c1C(=O)C1(C)CCCC1N. The minimum Gasteiger partial charge on any atom is -0.327 e. The molecule has 1 fully saturated rings. The summed E-state index contributed by atoms with van der Waals surface area (Å²) in [5.74, 6) is 0.130. The van der Waals surface area contributed by atoms with Crippen LogP contribution in [-0.2, 0) is 6.54 Å². The number of nitrogens with two attached hydrogens (primary N) is 1. The molecule has 1 aliphatic rings. The van der Waals surface area contributed by atoms with Gasteiger partial charge in [0.1, 0.15) is 5.69 Å². The van der Waals surface area contributed by atoms with Gasteiger partial charge in [-0.15, -0.1) is 0 Å². The van der Waals surface area contributed by atoms with Crippen LogP contribution in [0.5, 0.6) is 0 Å². The van der Waals surface area contributed by atoms with E-state index in [1.54, 1.807) is 10.9 Å². The zero-order valence-electron chi connectivity index (χ0n) is 10.9. The number of aryl methyl sites for hydroxylation is 1. The number of hydrogen-bond donors (Lipinski definition) is 1. The van der Waals surface area contributed by atoms with E-state index >= 15 is 0 Å². The Hall–Kier alpha value is -0.680. The maximum absolute atomic E-state index is 12.8. The van der Waals surface area contributed by atoms with Crippen molar-refractivity contribution in [3.8, 4) is 0 Å². The molecule has 2 N–H and O–H groups in total. The van der Waals surface area contributed by atoms with Crippen molar-refractivity contribution >= 4 is 21.7 Å².